The molecular weight excluding hydrogens is 430 g/mol. The molecule has 0 fully saturated rings. The highest BCUT2D eigenvalue weighted by molar-refractivity contribution is 6.13. The van der Waals surface area contributed by atoms with Crippen molar-refractivity contribution >= 4 is 28.5 Å². The average Bonchev–Trinajstić information content (AvgIpc) is 3.41. The van der Waals surface area contributed by atoms with Crippen molar-refractivity contribution in [2.75, 3.05) is 31.6 Å². The number of likely N-dealkylation sites (N-methyl/N-ethyl adjacent to an activating group) is 1. The van der Waals surface area contributed by atoms with Gasteiger partial charge in [0, 0.05) is 11.1 Å². The van der Waals surface area contributed by atoms with Crippen LogP contribution < -0.4 is 10.2 Å². The summed E-state index contributed by atoms with van der Waals surface area (Å²) < 4.78 is 10.9. The van der Waals surface area contributed by atoms with E-state index in [0.717, 1.165) is 25.0 Å². The van der Waals surface area contributed by atoms with Crippen molar-refractivity contribution in [1.82, 2.24) is 4.98 Å². The first-order chi connectivity index (χ1) is 16.6. The van der Waals surface area contributed by atoms with E-state index in [1.165, 1.54) is 4.90 Å². The lowest BCUT2D eigenvalue weighted by atomic mass is 10.1. The highest BCUT2D eigenvalue weighted by atomic mass is 16.5. The van der Waals surface area contributed by atoms with Crippen molar-refractivity contribution in [3.05, 3.63) is 84.1 Å². The van der Waals surface area contributed by atoms with Crippen LogP contribution in [0.15, 0.2) is 77.4 Å². The standard InChI is InChI=1S/C27H27N3O4/c1-3-30(4-2)15-17-34-27(32)19-11-13-20(14-12-19)28-26(31)22-18-24(25-10-7-16-33-25)29-23-9-6-5-8-21(22)23/h5-14,16,18H,3-4,15,17H2,1-2H3,(H,28,31)/p+1. The van der Waals surface area contributed by atoms with Gasteiger partial charge < -0.3 is 19.4 Å². The zero-order valence-electron chi connectivity index (χ0n) is 19.3. The number of carbonyl (C=O) groups is 2. The summed E-state index contributed by atoms with van der Waals surface area (Å²) in [6.07, 6.45) is 1.57. The van der Waals surface area contributed by atoms with Crippen LogP contribution in [0.5, 0.6) is 0 Å². The van der Waals surface area contributed by atoms with E-state index in [-0.39, 0.29) is 11.9 Å². The lowest BCUT2D eigenvalue weighted by molar-refractivity contribution is -0.896. The van der Waals surface area contributed by atoms with E-state index in [2.05, 4.69) is 24.1 Å². The lowest BCUT2D eigenvalue weighted by Crippen LogP contribution is -3.11. The molecule has 0 aliphatic carbocycles. The van der Waals surface area contributed by atoms with Crippen molar-refractivity contribution in [1.29, 1.82) is 0 Å². The van der Waals surface area contributed by atoms with Crippen LogP contribution in [0.25, 0.3) is 22.4 Å². The highest BCUT2D eigenvalue weighted by Gasteiger charge is 2.16. The van der Waals surface area contributed by atoms with E-state index < -0.39 is 0 Å². The summed E-state index contributed by atoms with van der Waals surface area (Å²) in [5, 5.41) is 3.65. The van der Waals surface area contributed by atoms with Gasteiger partial charge in [-0.15, -0.1) is 0 Å². The van der Waals surface area contributed by atoms with Crippen LogP contribution in [0.2, 0.25) is 0 Å². The van der Waals surface area contributed by atoms with Crippen LogP contribution in [-0.4, -0.2) is 43.1 Å². The number of nitrogens with zero attached hydrogens (tertiary/aromatic N) is 1. The van der Waals surface area contributed by atoms with Gasteiger partial charge >= 0.3 is 5.97 Å². The van der Waals surface area contributed by atoms with Crippen LogP contribution in [0.4, 0.5) is 5.69 Å². The molecule has 0 atom stereocenters. The number of furan rings is 1. The SMILES string of the molecule is CC[NH+](CC)CCOC(=O)c1ccc(NC(=O)c2cc(-c3ccco3)nc3ccccc23)cc1. The number of amides is 1. The third-order valence-corrected chi connectivity index (χ3v) is 5.80. The molecule has 0 spiro atoms. The third-order valence-electron chi connectivity index (χ3n) is 5.80. The monoisotopic (exact) mass is 458 g/mol. The molecular formula is C27H28N3O4+. The fourth-order valence-electron chi connectivity index (χ4n) is 3.78. The van der Waals surface area contributed by atoms with Gasteiger partial charge in [0.05, 0.1) is 36.0 Å². The second-order valence-electron chi connectivity index (χ2n) is 7.92. The Morgan fingerprint density at radius 1 is 1.00 bits per heavy atom. The van der Waals surface area contributed by atoms with Crippen LogP contribution in [0, 0.1) is 0 Å². The van der Waals surface area contributed by atoms with Crippen LogP contribution in [0.3, 0.4) is 0 Å². The number of aromatic nitrogens is 1. The normalized spacial score (nSPS) is 11.0. The molecule has 1 amide bonds. The summed E-state index contributed by atoms with van der Waals surface area (Å²) in [6, 6.07) is 19.5. The Morgan fingerprint density at radius 3 is 2.47 bits per heavy atom. The number of carbonyl (C=O) groups excluding carboxylic acids is 2. The van der Waals surface area contributed by atoms with Gasteiger partial charge in [-0.3, -0.25) is 4.79 Å². The summed E-state index contributed by atoms with van der Waals surface area (Å²) in [5.41, 5.74) is 2.79. The Hall–Kier alpha value is -3.97. The van der Waals surface area contributed by atoms with Crippen molar-refractivity contribution in [2.45, 2.75) is 13.8 Å². The molecule has 0 bridgehead atoms. The number of benzene rings is 2. The molecule has 174 valence electrons. The van der Waals surface area contributed by atoms with Crippen LogP contribution >= 0.6 is 0 Å². The van der Waals surface area contributed by atoms with Gasteiger partial charge in [0.15, 0.2) is 5.76 Å². The molecule has 2 heterocycles. The number of anilines is 1. The van der Waals surface area contributed by atoms with Gasteiger partial charge in [-0.05, 0) is 62.4 Å². The number of ether oxygens (including phenoxy) is 1. The van der Waals surface area contributed by atoms with Gasteiger partial charge in [0.25, 0.3) is 5.91 Å². The first-order valence-electron chi connectivity index (χ1n) is 11.4. The van der Waals surface area contributed by atoms with E-state index in [4.69, 9.17) is 9.15 Å². The fourth-order valence-corrected chi connectivity index (χ4v) is 3.78. The quantitative estimate of drug-likeness (QED) is 0.373. The van der Waals surface area contributed by atoms with Crippen LogP contribution in [-0.2, 0) is 4.74 Å². The second kappa shape index (κ2) is 10.8. The Kier molecular flexibility index (Phi) is 7.34. The fraction of sp³-hybridized carbons (Fsp3) is 0.222. The van der Waals surface area contributed by atoms with Gasteiger partial charge in [-0.1, -0.05) is 18.2 Å². The van der Waals surface area contributed by atoms with E-state index in [0.29, 0.717) is 40.4 Å². The summed E-state index contributed by atoms with van der Waals surface area (Å²) >= 11 is 0. The summed E-state index contributed by atoms with van der Waals surface area (Å²) in [7, 11) is 0. The molecule has 34 heavy (non-hydrogen) atoms. The number of hydrogen-bond acceptors (Lipinski definition) is 5. The Morgan fingerprint density at radius 2 is 1.76 bits per heavy atom. The molecule has 7 nitrogen and oxygen atoms in total. The third kappa shape index (κ3) is 5.32. The summed E-state index contributed by atoms with van der Waals surface area (Å²) in [4.78, 5) is 31.5. The van der Waals surface area contributed by atoms with Gasteiger partial charge in [0.1, 0.15) is 18.8 Å². The molecule has 2 aromatic heterocycles. The number of nitrogens with one attached hydrogen (secondary N) is 2. The number of para-hydroxylation sites is 1. The predicted octanol–water partition coefficient (Wildman–Crippen LogP) is 3.83. The number of hydrogen-bond donors (Lipinski definition) is 2. The zero-order valence-corrected chi connectivity index (χ0v) is 19.3. The van der Waals surface area contributed by atoms with Gasteiger partial charge in [0.2, 0.25) is 0 Å². The van der Waals surface area contributed by atoms with Crippen molar-refractivity contribution in [3.8, 4) is 11.5 Å². The molecule has 4 rings (SSSR count). The molecule has 7 heteroatoms. The summed E-state index contributed by atoms with van der Waals surface area (Å²) in [6.45, 7) is 7.38. The average molecular weight is 459 g/mol. The van der Waals surface area contributed by atoms with E-state index >= 15 is 0 Å². The largest absolute Gasteiger partial charge is 0.463 e. The minimum atomic E-state index is -0.368. The number of quaternary nitrogens is 1. The maximum absolute atomic E-state index is 13.2. The van der Waals surface area contributed by atoms with Crippen LogP contribution in [0.1, 0.15) is 34.6 Å². The molecule has 2 aromatic carbocycles. The molecule has 0 radical (unpaired) electrons. The number of rotatable bonds is 9. The zero-order chi connectivity index (χ0) is 23.9. The second-order valence-corrected chi connectivity index (χ2v) is 7.92. The molecule has 0 saturated heterocycles. The molecule has 0 aliphatic rings. The molecule has 0 aliphatic heterocycles. The first-order valence-corrected chi connectivity index (χ1v) is 11.4. The van der Waals surface area contributed by atoms with Gasteiger partial charge in [-0.2, -0.15) is 0 Å². The first kappa shape index (κ1) is 23.2. The van der Waals surface area contributed by atoms with E-state index in [9.17, 15) is 9.59 Å². The summed E-state index contributed by atoms with van der Waals surface area (Å²) in [5.74, 6) is -0.0538. The molecule has 2 N–H and O–H groups in total. The van der Waals surface area contributed by atoms with Crippen molar-refractivity contribution < 1.29 is 23.6 Å². The minimum absolute atomic E-state index is 0.274. The van der Waals surface area contributed by atoms with Gasteiger partial charge in [-0.25, -0.2) is 9.78 Å². The lowest BCUT2D eigenvalue weighted by Gasteiger charge is -2.15. The topological polar surface area (TPSA) is 85.9 Å². The maximum Gasteiger partial charge on any atom is 0.338 e. The Labute approximate surface area is 198 Å². The smallest absolute Gasteiger partial charge is 0.338 e. The van der Waals surface area contributed by atoms with Crippen molar-refractivity contribution in [2.24, 2.45) is 0 Å². The molecule has 0 saturated carbocycles. The number of fused-ring (bicyclic) bond motifs is 1. The highest BCUT2D eigenvalue weighted by Crippen LogP contribution is 2.26. The number of esters is 1. The van der Waals surface area contributed by atoms with E-state index in [1.807, 2.05) is 24.3 Å². The number of pyridine rings is 1. The van der Waals surface area contributed by atoms with E-state index in [1.54, 1.807) is 48.7 Å². The molecule has 0 unspecified atom stereocenters. The van der Waals surface area contributed by atoms with Crippen molar-refractivity contribution in [3.63, 3.8) is 0 Å². The predicted molar refractivity (Wildman–Crippen MR) is 131 cm³/mol. The molecule has 4 aromatic rings. The Balaban J connectivity index is 1.47. The Bertz CT molecular complexity index is 1260. The minimum Gasteiger partial charge on any atom is -0.463 e. The maximum atomic E-state index is 13.2.